The molecule has 0 saturated carbocycles. The molecular formula is C12H17IO. The number of phenols is 1. The van der Waals surface area contributed by atoms with Gasteiger partial charge in [0, 0.05) is 0 Å². The maximum atomic E-state index is 9.87. The zero-order valence-electron chi connectivity index (χ0n) is 9.13. The van der Waals surface area contributed by atoms with E-state index in [1.165, 1.54) is 5.56 Å². The Morgan fingerprint density at radius 1 is 1.07 bits per heavy atom. The van der Waals surface area contributed by atoms with Gasteiger partial charge in [0.2, 0.25) is 0 Å². The van der Waals surface area contributed by atoms with Gasteiger partial charge in [-0.05, 0) is 51.6 Å². The lowest BCUT2D eigenvalue weighted by atomic mass is 9.95. The van der Waals surface area contributed by atoms with E-state index in [1.54, 1.807) is 0 Å². The normalized spacial score (nSPS) is 11.4. The van der Waals surface area contributed by atoms with E-state index in [4.69, 9.17) is 0 Å². The molecule has 0 unspecified atom stereocenters. The van der Waals surface area contributed by atoms with Crippen molar-refractivity contribution in [1.29, 1.82) is 0 Å². The SMILES string of the molecule is CC(C)c1cc(I)c(O)c(C(C)C)c1. The Morgan fingerprint density at radius 2 is 1.64 bits per heavy atom. The van der Waals surface area contributed by atoms with Gasteiger partial charge in [-0.25, -0.2) is 0 Å². The molecule has 0 aliphatic rings. The standard InChI is InChI=1S/C12H17IO/c1-7(2)9-5-10(8(3)4)12(14)11(13)6-9/h5-8,14H,1-4H3. The third kappa shape index (κ3) is 2.41. The zero-order valence-corrected chi connectivity index (χ0v) is 11.3. The summed E-state index contributed by atoms with van der Waals surface area (Å²) >= 11 is 2.19. The summed E-state index contributed by atoms with van der Waals surface area (Å²) in [7, 11) is 0. The van der Waals surface area contributed by atoms with Crippen molar-refractivity contribution in [3.8, 4) is 5.75 Å². The molecule has 0 amide bonds. The molecule has 2 heteroatoms. The van der Waals surface area contributed by atoms with Crippen molar-refractivity contribution in [2.75, 3.05) is 0 Å². The lowest BCUT2D eigenvalue weighted by molar-refractivity contribution is 0.460. The molecule has 0 aromatic heterocycles. The quantitative estimate of drug-likeness (QED) is 0.810. The molecule has 1 N–H and O–H groups in total. The van der Waals surface area contributed by atoms with Crippen LogP contribution in [0.4, 0.5) is 0 Å². The molecule has 1 rings (SSSR count). The first kappa shape index (κ1) is 11.8. The molecule has 0 bridgehead atoms. The van der Waals surface area contributed by atoms with Crippen LogP contribution in [-0.4, -0.2) is 5.11 Å². The maximum Gasteiger partial charge on any atom is 0.132 e. The van der Waals surface area contributed by atoms with Gasteiger partial charge in [0.05, 0.1) is 3.57 Å². The minimum Gasteiger partial charge on any atom is -0.507 e. The molecule has 0 atom stereocenters. The summed E-state index contributed by atoms with van der Waals surface area (Å²) in [5.74, 6) is 1.34. The first-order chi connectivity index (χ1) is 6.43. The number of rotatable bonds is 2. The van der Waals surface area contributed by atoms with Gasteiger partial charge in [0.1, 0.15) is 5.75 Å². The smallest absolute Gasteiger partial charge is 0.132 e. The minimum absolute atomic E-state index is 0.377. The highest BCUT2D eigenvalue weighted by molar-refractivity contribution is 14.1. The Bertz CT molecular complexity index is 329. The zero-order chi connectivity index (χ0) is 10.9. The van der Waals surface area contributed by atoms with E-state index in [0.717, 1.165) is 9.13 Å². The van der Waals surface area contributed by atoms with Crippen LogP contribution in [0.5, 0.6) is 5.75 Å². The average molecular weight is 304 g/mol. The maximum absolute atomic E-state index is 9.87. The van der Waals surface area contributed by atoms with E-state index >= 15 is 0 Å². The largest absolute Gasteiger partial charge is 0.507 e. The van der Waals surface area contributed by atoms with Gasteiger partial charge in [0.15, 0.2) is 0 Å². The van der Waals surface area contributed by atoms with Crippen LogP contribution < -0.4 is 0 Å². The molecule has 1 aromatic carbocycles. The fourth-order valence-corrected chi connectivity index (χ4v) is 2.09. The molecule has 0 radical (unpaired) electrons. The Morgan fingerprint density at radius 3 is 2.07 bits per heavy atom. The second kappa shape index (κ2) is 4.51. The summed E-state index contributed by atoms with van der Waals surface area (Å²) in [6, 6.07) is 4.18. The molecule has 0 spiro atoms. The Balaban J connectivity index is 3.28. The fraction of sp³-hybridized carbons (Fsp3) is 0.500. The lowest BCUT2D eigenvalue weighted by Gasteiger charge is -2.14. The van der Waals surface area contributed by atoms with Crippen molar-refractivity contribution in [2.24, 2.45) is 0 Å². The van der Waals surface area contributed by atoms with Crippen LogP contribution in [0.2, 0.25) is 0 Å². The van der Waals surface area contributed by atoms with E-state index in [-0.39, 0.29) is 0 Å². The van der Waals surface area contributed by atoms with Gasteiger partial charge in [0.25, 0.3) is 0 Å². The van der Waals surface area contributed by atoms with Crippen LogP contribution in [0.3, 0.4) is 0 Å². The Hall–Kier alpha value is -0.250. The van der Waals surface area contributed by atoms with E-state index in [1.807, 2.05) is 0 Å². The second-order valence-corrected chi connectivity index (χ2v) is 5.41. The van der Waals surface area contributed by atoms with Crippen LogP contribution in [0.25, 0.3) is 0 Å². The van der Waals surface area contributed by atoms with E-state index in [0.29, 0.717) is 17.6 Å². The predicted molar refractivity (Wildman–Crippen MR) is 69.0 cm³/mol. The van der Waals surface area contributed by atoms with Crippen LogP contribution in [0.15, 0.2) is 12.1 Å². The van der Waals surface area contributed by atoms with Crippen molar-refractivity contribution in [3.05, 3.63) is 26.8 Å². The summed E-state index contributed by atoms with van der Waals surface area (Å²) in [4.78, 5) is 0. The van der Waals surface area contributed by atoms with Gasteiger partial charge in [-0.1, -0.05) is 33.8 Å². The average Bonchev–Trinajstić information content (AvgIpc) is 2.08. The molecule has 0 heterocycles. The molecule has 0 fully saturated rings. The van der Waals surface area contributed by atoms with Crippen LogP contribution in [-0.2, 0) is 0 Å². The summed E-state index contributed by atoms with van der Waals surface area (Å²) < 4.78 is 0.956. The number of hydrogen-bond donors (Lipinski definition) is 1. The number of hydrogen-bond acceptors (Lipinski definition) is 1. The van der Waals surface area contributed by atoms with E-state index in [9.17, 15) is 5.11 Å². The summed E-state index contributed by atoms with van der Waals surface area (Å²) in [6.45, 7) is 8.56. The fourth-order valence-electron chi connectivity index (χ4n) is 1.42. The summed E-state index contributed by atoms with van der Waals surface area (Å²) in [6.07, 6.45) is 0. The third-order valence-electron chi connectivity index (χ3n) is 2.40. The minimum atomic E-state index is 0.377. The monoisotopic (exact) mass is 304 g/mol. The molecule has 1 aromatic rings. The molecule has 1 nitrogen and oxygen atoms in total. The second-order valence-electron chi connectivity index (χ2n) is 4.25. The van der Waals surface area contributed by atoms with Gasteiger partial charge >= 0.3 is 0 Å². The predicted octanol–water partition coefficient (Wildman–Crippen LogP) is 4.24. The highest BCUT2D eigenvalue weighted by Gasteiger charge is 2.12. The molecule has 78 valence electrons. The topological polar surface area (TPSA) is 20.2 Å². The van der Waals surface area contributed by atoms with E-state index < -0.39 is 0 Å². The Labute approximate surface area is 99.7 Å². The highest BCUT2D eigenvalue weighted by Crippen LogP contribution is 2.33. The summed E-state index contributed by atoms with van der Waals surface area (Å²) in [5.41, 5.74) is 2.36. The van der Waals surface area contributed by atoms with Crippen molar-refractivity contribution in [1.82, 2.24) is 0 Å². The molecule has 0 aliphatic carbocycles. The van der Waals surface area contributed by atoms with Gasteiger partial charge in [-0.2, -0.15) is 0 Å². The van der Waals surface area contributed by atoms with Crippen molar-refractivity contribution in [2.45, 2.75) is 39.5 Å². The first-order valence-electron chi connectivity index (χ1n) is 4.95. The van der Waals surface area contributed by atoms with Gasteiger partial charge in [-0.15, -0.1) is 0 Å². The summed E-state index contributed by atoms with van der Waals surface area (Å²) in [5, 5.41) is 9.87. The molecular weight excluding hydrogens is 287 g/mol. The molecule has 0 aliphatic heterocycles. The van der Waals surface area contributed by atoms with Crippen molar-refractivity contribution >= 4 is 22.6 Å². The third-order valence-corrected chi connectivity index (χ3v) is 3.23. The van der Waals surface area contributed by atoms with Gasteiger partial charge in [-0.3, -0.25) is 0 Å². The van der Waals surface area contributed by atoms with E-state index in [2.05, 4.69) is 62.4 Å². The number of benzene rings is 1. The van der Waals surface area contributed by atoms with Crippen LogP contribution >= 0.6 is 22.6 Å². The van der Waals surface area contributed by atoms with Crippen LogP contribution in [0, 0.1) is 3.57 Å². The van der Waals surface area contributed by atoms with Crippen molar-refractivity contribution in [3.63, 3.8) is 0 Å². The van der Waals surface area contributed by atoms with Crippen molar-refractivity contribution < 1.29 is 5.11 Å². The molecule has 0 saturated heterocycles. The van der Waals surface area contributed by atoms with Crippen LogP contribution in [0.1, 0.15) is 50.7 Å². The Kier molecular flexibility index (Phi) is 3.81. The number of aromatic hydroxyl groups is 1. The number of halogens is 1. The highest BCUT2D eigenvalue weighted by atomic mass is 127. The lowest BCUT2D eigenvalue weighted by Crippen LogP contribution is -1.95. The van der Waals surface area contributed by atoms with Gasteiger partial charge < -0.3 is 5.11 Å². The first-order valence-corrected chi connectivity index (χ1v) is 6.03. The number of phenolic OH excluding ortho intramolecular Hbond substituents is 1. The molecule has 14 heavy (non-hydrogen) atoms.